The van der Waals surface area contributed by atoms with E-state index >= 15 is 0 Å². The molecule has 0 radical (unpaired) electrons. The van der Waals surface area contributed by atoms with Crippen LogP contribution in [-0.2, 0) is 9.59 Å². The first-order chi connectivity index (χ1) is 16.4. The van der Waals surface area contributed by atoms with Crippen LogP contribution in [0.4, 0.5) is 17.1 Å². The van der Waals surface area contributed by atoms with Gasteiger partial charge >= 0.3 is 0 Å². The van der Waals surface area contributed by atoms with Crippen molar-refractivity contribution in [1.82, 2.24) is 5.43 Å². The van der Waals surface area contributed by atoms with Crippen LogP contribution < -0.4 is 25.8 Å². The number of benzene rings is 3. The van der Waals surface area contributed by atoms with Gasteiger partial charge in [0.25, 0.3) is 11.8 Å². The highest BCUT2D eigenvalue weighted by atomic mass is 16.5. The number of rotatable bonds is 6. The molecule has 3 aromatic carbocycles. The molecule has 0 bridgehead atoms. The molecule has 9 heteroatoms. The van der Waals surface area contributed by atoms with Gasteiger partial charge in [-0.15, -0.1) is 0 Å². The summed E-state index contributed by atoms with van der Waals surface area (Å²) in [7, 11) is 1.53. The zero-order chi connectivity index (χ0) is 24.1. The Labute approximate surface area is 195 Å². The fraction of sp³-hybridized carbons (Fsp3) is 0.120. The van der Waals surface area contributed by atoms with Gasteiger partial charge < -0.3 is 15.4 Å². The van der Waals surface area contributed by atoms with Gasteiger partial charge in [0.15, 0.2) is 0 Å². The number of ether oxygens (including phenoxy) is 1. The normalized spacial score (nSPS) is 13.1. The number of carbonyl (C=O) groups is 4. The molecule has 1 saturated heterocycles. The van der Waals surface area contributed by atoms with E-state index < -0.39 is 0 Å². The van der Waals surface area contributed by atoms with Crippen LogP contribution in [0.5, 0.6) is 5.75 Å². The quantitative estimate of drug-likeness (QED) is 0.524. The Kier molecular flexibility index (Phi) is 6.54. The van der Waals surface area contributed by atoms with E-state index in [1.54, 1.807) is 66.7 Å². The largest absolute Gasteiger partial charge is 0.495 e. The maximum absolute atomic E-state index is 12.6. The molecule has 4 rings (SSSR count). The molecule has 0 saturated carbocycles. The average molecular weight is 458 g/mol. The predicted octanol–water partition coefficient (Wildman–Crippen LogP) is 3.36. The lowest BCUT2D eigenvalue weighted by Crippen LogP contribution is -2.50. The third-order valence-electron chi connectivity index (χ3n) is 5.20. The van der Waals surface area contributed by atoms with Crippen LogP contribution >= 0.6 is 0 Å². The van der Waals surface area contributed by atoms with Crippen molar-refractivity contribution in [3.8, 4) is 5.75 Å². The monoisotopic (exact) mass is 458 g/mol. The van der Waals surface area contributed by atoms with Gasteiger partial charge in [-0.05, 0) is 60.7 Å². The van der Waals surface area contributed by atoms with Gasteiger partial charge in [0, 0.05) is 29.7 Å². The predicted molar refractivity (Wildman–Crippen MR) is 127 cm³/mol. The molecule has 172 valence electrons. The summed E-state index contributed by atoms with van der Waals surface area (Å²) in [5, 5.41) is 6.75. The number of carbonyl (C=O) groups excluding carboxylic acids is 4. The van der Waals surface area contributed by atoms with Gasteiger partial charge in [-0.2, -0.15) is 0 Å². The molecule has 4 amide bonds. The summed E-state index contributed by atoms with van der Waals surface area (Å²) < 4.78 is 5.24. The summed E-state index contributed by atoms with van der Waals surface area (Å²) in [4.78, 5) is 48.7. The van der Waals surface area contributed by atoms with Crippen molar-refractivity contribution in [3.63, 3.8) is 0 Å². The van der Waals surface area contributed by atoms with Crippen molar-refractivity contribution in [3.05, 3.63) is 83.9 Å². The van der Waals surface area contributed by atoms with E-state index in [9.17, 15) is 19.2 Å². The van der Waals surface area contributed by atoms with E-state index in [-0.39, 0.29) is 36.5 Å². The van der Waals surface area contributed by atoms with E-state index in [2.05, 4.69) is 16.1 Å². The van der Waals surface area contributed by atoms with Crippen LogP contribution in [0.15, 0.2) is 72.8 Å². The van der Waals surface area contributed by atoms with E-state index in [1.165, 1.54) is 12.1 Å². The Morgan fingerprint density at radius 2 is 1.44 bits per heavy atom. The standard InChI is InChI=1S/C25H22N4O5/c1-34-21-5-3-2-4-20(21)27-25(33)16-6-10-18(11-7-16)26-24(32)17-8-12-19(13-9-17)29-23(31)15-14-22(30)28-29/h2-13H,14-15H2,1H3,(H,26,32)(H,27,33)(H,28,30). The second kappa shape index (κ2) is 9.86. The van der Waals surface area contributed by atoms with Gasteiger partial charge in [0.05, 0.1) is 18.5 Å². The second-order valence-electron chi connectivity index (χ2n) is 7.50. The molecule has 34 heavy (non-hydrogen) atoms. The lowest BCUT2D eigenvalue weighted by atomic mass is 10.1. The molecule has 1 aliphatic rings. The lowest BCUT2D eigenvalue weighted by Gasteiger charge is -2.27. The molecule has 9 nitrogen and oxygen atoms in total. The highest BCUT2D eigenvalue weighted by Gasteiger charge is 2.24. The fourth-order valence-electron chi connectivity index (χ4n) is 3.40. The van der Waals surface area contributed by atoms with E-state index in [0.29, 0.717) is 33.9 Å². The maximum Gasteiger partial charge on any atom is 0.255 e. The Hall–Kier alpha value is -4.66. The third-order valence-corrected chi connectivity index (χ3v) is 5.20. The van der Waals surface area contributed by atoms with Crippen molar-refractivity contribution in [2.45, 2.75) is 12.8 Å². The first kappa shape index (κ1) is 22.5. The molecule has 1 fully saturated rings. The Morgan fingerprint density at radius 1 is 0.824 bits per heavy atom. The molecule has 0 aromatic heterocycles. The zero-order valence-corrected chi connectivity index (χ0v) is 18.3. The summed E-state index contributed by atoms with van der Waals surface area (Å²) in [6.45, 7) is 0. The number of hydrogen-bond donors (Lipinski definition) is 3. The molecule has 3 N–H and O–H groups in total. The van der Waals surface area contributed by atoms with Crippen LogP contribution in [0.2, 0.25) is 0 Å². The minimum absolute atomic E-state index is 0.140. The fourth-order valence-corrected chi connectivity index (χ4v) is 3.40. The van der Waals surface area contributed by atoms with Crippen LogP contribution in [0.1, 0.15) is 33.6 Å². The van der Waals surface area contributed by atoms with E-state index in [1.807, 2.05) is 6.07 Å². The van der Waals surface area contributed by atoms with Gasteiger partial charge in [0.1, 0.15) is 5.75 Å². The van der Waals surface area contributed by atoms with Crippen LogP contribution in [0.25, 0.3) is 0 Å². The summed E-state index contributed by atoms with van der Waals surface area (Å²) in [6, 6.07) is 19.9. The second-order valence-corrected chi connectivity index (χ2v) is 7.50. The Balaban J connectivity index is 1.38. The van der Waals surface area contributed by atoms with Gasteiger partial charge in [0.2, 0.25) is 11.8 Å². The molecular formula is C25H22N4O5. The number of anilines is 3. The SMILES string of the molecule is COc1ccccc1NC(=O)c1ccc(NC(=O)c2ccc(N3NC(=O)CCC3=O)cc2)cc1. The Bertz CT molecular complexity index is 1240. The highest BCUT2D eigenvalue weighted by molar-refractivity contribution is 6.07. The van der Waals surface area contributed by atoms with Gasteiger partial charge in [-0.3, -0.25) is 24.6 Å². The molecule has 0 aliphatic carbocycles. The van der Waals surface area contributed by atoms with Crippen molar-refractivity contribution >= 4 is 40.7 Å². The number of nitrogens with one attached hydrogen (secondary N) is 3. The Morgan fingerprint density at radius 3 is 2.12 bits per heavy atom. The first-order valence-corrected chi connectivity index (χ1v) is 10.5. The molecule has 0 spiro atoms. The minimum Gasteiger partial charge on any atom is -0.495 e. The van der Waals surface area contributed by atoms with E-state index in [0.717, 1.165) is 0 Å². The maximum atomic E-state index is 12.6. The van der Waals surface area contributed by atoms with Crippen LogP contribution in [-0.4, -0.2) is 30.7 Å². The number of hydrogen-bond acceptors (Lipinski definition) is 5. The molecular weight excluding hydrogens is 436 g/mol. The topological polar surface area (TPSA) is 117 Å². The highest BCUT2D eigenvalue weighted by Crippen LogP contribution is 2.24. The van der Waals surface area contributed by atoms with Gasteiger partial charge in [-0.25, -0.2) is 5.01 Å². The van der Waals surface area contributed by atoms with Gasteiger partial charge in [-0.1, -0.05) is 12.1 Å². The minimum atomic E-state index is -0.355. The van der Waals surface area contributed by atoms with Crippen LogP contribution in [0.3, 0.4) is 0 Å². The molecule has 3 aromatic rings. The summed E-state index contributed by atoms with van der Waals surface area (Å²) >= 11 is 0. The first-order valence-electron chi connectivity index (χ1n) is 10.5. The smallest absolute Gasteiger partial charge is 0.255 e. The van der Waals surface area contributed by atoms with E-state index in [4.69, 9.17) is 4.74 Å². The molecule has 1 aliphatic heterocycles. The molecule has 0 unspecified atom stereocenters. The molecule has 0 atom stereocenters. The number of amides is 4. The average Bonchev–Trinajstić information content (AvgIpc) is 2.86. The van der Waals surface area contributed by atoms with Crippen molar-refractivity contribution in [2.75, 3.05) is 22.8 Å². The molecule has 1 heterocycles. The van der Waals surface area contributed by atoms with Crippen molar-refractivity contribution in [1.29, 1.82) is 0 Å². The summed E-state index contributed by atoms with van der Waals surface area (Å²) in [5.74, 6) is -0.560. The van der Waals surface area contributed by atoms with Crippen molar-refractivity contribution in [2.24, 2.45) is 0 Å². The number of hydrazine groups is 1. The summed E-state index contributed by atoms with van der Waals surface area (Å²) in [5.41, 5.74) is 4.85. The lowest BCUT2D eigenvalue weighted by molar-refractivity contribution is -0.130. The number of para-hydroxylation sites is 2. The van der Waals surface area contributed by atoms with Crippen molar-refractivity contribution < 1.29 is 23.9 Å². The zero-order valence-electron chi connectivity index (χ0n) is 18.3. The third kappa shape index (κ3) is 5.04. The summed E-state index contributed by atoms with van der Waals surface area (Å²) in [6.07, 6.45) is 0.303. The number of methoxy groups -OCH3 is 1. The van der Waals surface area contributed by atoms with Crippen LogP contribution in [0, 0.1) is 0 Å². The number of nitrogens with zero attached hydrogens (tertiary/aromatic N) is 1.